The molecule has 0 radical (unpaired) electrons. The lowest BCUT2D eigenvalue weighted by atomic mass is 10.1. The minimum Gasteiger partial charge on any atom is -0.345 e. The van der Waals surface area contributed by atoms with Crippen molar-refractivity contribution >= 4 is 40.4 Å². The first-order chi connectivity index (χ1) is 15.1. The van der Waals surface area contributed by atoms with E-state index in [-0.39, 0.29) is 5.91 Å². The second-order valence-electron chi connectivity index (χ2n) is 8.36. The van der Waals surface area contributed by atoms with Crippen LogP contribution < -0.4 is 15.3 Å². The molecule has 31 heavy (non-hydrogen) atoms. The summed E-state index contributed by atoms with van der Waals surface area (Å²) in [4.78, 5) is 21.7. The van der Waals surface area contributed by atoms with Crippen LogP contribution in [0.25, 0.3) is 0 Å². The van der Waals surface area contributed by atoms with Gasteiger partial charge in [-0.3, -0.25) is 15.2 Å². The molecule has 2 aliphatic rings. The SMILES string of the molecule is CCCCCC(=O)NN1c2ccc(Cl)cc2N=C(N2CC[NH+](C)CC2)c2ccccc21. The maximum absolute atomic E-state index is 12.8. The van der Waals surface area contributed by atoms with Gasteiger partial charge in [-0.05, 0) is 36.8 Å². The fourth-order valence-electron chi connectivity index (χ4n) is 4.11. The van der Waals surface area contributed by atoms with Gasteiger partial charge in [-0.15, -0.1) is 0 Å². The number of piperazine rings is 1. The van der Waals surface area contributed by atoms with E-state index in [2.05, 4.69) is 30.4 Å². The van der Waals surface area contributed by atoms with Crippen LogP contribution in [0.5, 0.6) is 0 Å². The van der Waals surface area contributed by atoms with Crippen molar-refractivity contribution in [3.63, 3.8) is 0 Å². The topological polar surface area (TPSA) is 52.4 Å². The van der Waals surface area contributed by atoms with Crippen LogP contribution in [0.1, 0.15) is 38.2 Å². The number of nitrogens with one attached hydrogen (secondary N) is 2. The van der Waals surface area contributed by atoms with E-state index in [1.54, 1.807) is 0 Å². The maximum Gasteiger partial charge on any atom is 0.238 e. The number of aliphatic imine (C=N–C) groups is 1. The number of hydrogen-bond acceptors (Lipinski definition) is 4. The number of benzene rings is 2. The first-order valence-corrected chi connectivity index (χ1v) is 11.6. The third kappa shape index (κ3) is 4.86. The Hall–Kier alpha value is -2.57. The summed E-state index contributed by atoms with van der Waals surface area (Å²) in [7, 11) is 2.23. The summed E-state index contributed by atoms with van der Waals surface area (Å²) in [5.74, 6) is 0.949. The minimum atomic E-state index is 0.0100. The molecule has 0 spiro atoms. The first-order valence-electron chi connectivity index (χ1n) is 11.2. The van der Waals surface area contributed by atoms with Crippen molar-refractivity contribution in [1.82, 2.24) is 10.3 Å². The second-order valence-corrected chi connectivity index (χ2v) is 8.79. The van der Waals surface area contributed by atoms with Gasteiger partial charge in [-0.2, -0.15) is 0 Å². The molecule has 2 N–H and O–H groups in total. The van der Waals surface area contributed by atoms with Crippen LogP contribution >= 0.6 is 11.6 Å². The molecule has 1 saturated heterocycles. The number of rotatable bonds is 5. The lowest BCUT2D eigenvalue weighted by molar-refractivity contribution is -0.883. The third-order valence-corrected chi connectivity index (χ3v) is 6.19. The summed E-state index contributed by atoms with van der Waals surface area (Å²) < 4.78 is 0. The Morgan fingerprint density at radius 1 is 1.13 bits per heavy atom. The van der Waals surface area contributed by atoms with Crippen LogP contribution in [-0.4, -0.2) is 49.9 Å². The molecule has 2 aliphatic heterocycles. The summed E-state index contributed by atoms with van der Waals surface area (Å²) in [6.45, 7) is 6.17. The van der Waals surface area contributed by atoms with Crippen molar-refractivity contribution in [2.24, 2.45) is 4.99 Å². The molecule has 0 atom stereocenters. The van der Waals surface area contributed by atoms with Gasteiger partial charge in [-0.25, -0.2) is 4.99 Å². The fourth-order valence-corrected chi connectivity index (χ4v) is 4.28. The summed E-state index contributed by atoms with van der Waals surface area (Å²) in [6.07, 6.45) is 3.53. The zero-order valence-electron chi connectivity index (χ0n) is 18.3. The molecule has 7 heteroatoms. The number of fused-ring (bicyclic) bond motifs is 2. The maximum atomic E-state index is 12.8. The summed E-state index contributed by atoms with van der Waals surface area (Å²) in [5, 5.41) is 2.51. The zero-order chi connectivity index (χ0) is 21.8. The lowest BCUT2D eigenvalue weighted by Gasteiger charge is -2.33. The van der Waals surface area contributed by atoms with Gasteiger partial charge in [0.1, 0.15) is 5.84 Å². The molecule has 1 amide bonds. The number of likely N-dealkylation sites (N-methyl/N-ethyl adjacent to an activating group) is 1. The number of anilines is 2. The molecule has 0 saturated carbocycles. The average molecular weight is 441 g/mol. The molecule has 2 aromatic carbocycles. The number of para-hydroxylation sites is 1. The highest BCUT2D eigenvalue weighted by atomic mass is 35.5. The molecule has 0 aromatic heterocycles. The Morgan fingerprint density at radius 3 is 2.68 bits per heavy atom. The Bertz CT molecular complexity index is 968. The number of quaternary nitrogens is 1. The van der Waals surface area contributed by atoms with Crippen molar-refractivity contribution < 1.29 is 9.69 Å². The molecular formula is C24H31ClN5O+. The number of hydrogen-bond donors (Lipinski definition) is 2. The van der Waals surface area contributed by atoms with E-state index in [9.17, 15) is 4.79 Å². The van der Waals surface area contributed by atoms with Crippen molar-refractivity contribution in [2.75, 3.05) is 38.2 Å². The van der Waals surface area contributed by atoms with Crippen molar-refractivity contribution in [1.29, 1.82) is 0 Å². The molecule has 0 bridgehead atoms. The number of amides is 1. The Kier molecular flexibility index (Phi) is 6.78. The molecule has 2 heterocycles. The quantitative estimate of drug-likeness (QED) is 0.701. The highest BCUT2D eigenvalue weighted by Gasteiger charge is 2.29. The Morgan fingerprint density at radius 2 is 1.90 bits per heavy atom. The number of halogens is 1. The highest BCUT2D eigenvalue weighted by molar-refractivity contribution is 6.31. The van der Waals surface area contributed by atoms with Gasteiger partial charge in [0.05, 0.1) is 50.3 Å². The van der Waals surface area contributed by atoms with E-state index in [0.29, 0.717) is 11.4 Å². The largest absolute Gasteiger partial charge is 0.345 e. The van der Waals surface area contributed by atoms with E-state index in [1.165, 1.54) is 4.90 Å². The normalized spacial score (nSPS) is 16.3. The van der Waals surface area contributed by atoms with Gasteiger partial charge in [-0.1, -0.05) is 43.5 Å². The van der Waals surface area contributed by atoms with Crippen LogP contribution in [-0.2, 0) is 4.79 Å². The number of nitrogens with zero attached hydrogens (tertiary/aromatic N) is 3. The van der Waals surface area contributed by atoms with Crippen LogP contribution in [0.15, 0.2) is 47.5 Å². The molecule has 1 fully saturated rings. The van der Waals surface area contributed by atoms with Gasteiger partial charge in [0.15, 0.2) is 0 Å². The van der Waals surface area contributed by atoms with Crippen LogP contribution in [0.3, 0.4) is 0 Å². The van der Waals surface area contributed by atoms with Crippen LogP contribution in [0.2, 0.25) is 5.02 Å². The molecule has 164 valence electrons. The van der Waals surface area contributed by atoms with Crippen molar-refractivity contribution in [3.8, 4) is 0 Å². The third-order valence-electron chi connectivity index (χ3n) is 5.95. The standard InChI is InChI=1S/C24H30ClN5O/c1-3-4-5-10-23(31)27-30-21-9-7-6-8-19(21)24(29-15-13-28(2)14-16-29)26-20-17-18(25)11-12-22(20)30/h6-9,11-12,17H,3-5,10,13-16H2,1-2H3,(H,27,31)/p+1. The monoisotopic (exact) mass is 440 g/mol. The van der Waals surface area contributed by atoms with Gasteiger partial charge in [0.25, 0.3) is 0 Å². The fraction of sp³-hybridized carbons (Fsp3) is 0.417. The minimum absolute atomic E-state index is 0.0100. The van der Waals surface area contributed by atoms with E-state index >= 15 is 0 Å². The molecule has 6 nitrogen and oxygen atoms in total. The summed E-state index contributed by atoms with van der Waals surface area (Å²) in [5.41, 5.74) is 6.67. The van der Waals surface area contributed by atoms with E-state index in [1.807, 2.05) is 41.4 Å². The number of carbonyl (C=O) groups excluding carboxylic acids is 1. The molecule has 4 rings (SSSR count). The van der Waals surface area contributed by atoms with E-state index in [0.717, 1.165) is 73.9 Å². The lowest BCUT2D eigenvalue weighted by Crippen LogP contribution is -3.12. The van der Waals surface area contributed by atoms with Gasteiger partial charge in [0, 0.05) is 17.0 Å². The number of carbonyl (C=O) groups is 1. The van der Waals surface area contributed by atoms with Crippen LogP contribution in [0.4, 0.5) is 17.1 Å². The van der Waals surface area contributed by atoms with Crippen molar-refractivity contribution in [2.45, 2.75) is 32.6 Å². The Labute approximate surface area is 189 Å². The predicted octanol–water partition coefficient (Wildman–Crippen LogP) is 3.31. The predicted molar refractivity (Wildman–Crippen MR) is 127 cm³/mol. The zero-order valence-corrected chi connectivity index (χ0v) is 19.1. The number of unbranched alkanes of at least 4 members (excludes halogenated alkanes) is 2. The van der Waals surface area contributed by atoms with Gasteiger partial charge < -0.3 is 9.80 Å². The van der Waals surface area contributed by atoms with E-state index < -0.39 is 0 Å². The Balaban J connectivity index is 1.75. The number of amidine groups is 1. The average Bonchev–Trinajstić information content (AvgIpc) is 2.89. The first kappa shape index (κ1) is 21.7. The van der Waals surface area contributed by atoms with E-state index in [4.69, 9.17) is 16.6 Å². The van der Waals surface area contributed by atoms with Crippen molar-refractivity contribution in [3.05, 3.63) is 53.1 Å². The molecule has 0 aliphatic carbocycles. The molecular weight excluding hydrogens is 410 g/mol. The van der Waals surface area contributed by atoms with Gasteiger partial charge in [0.2, 0.25) is 5.91 Å². The molecule has 0 unspecified atom stereocenters. The molecule has 2 aromatic rings. The summed E-state index contributed by atoms with van der Waals surface area (Å²) in [6, 6.07) is 13.8. The van der Waals surface area contributed by atoms with Gasteiger partial charge >= 0.3 is 0 Å². The smallest absolute Gasteiger partial charge is 0.238 e. The summed E-state index contributed by atoms with van der Waals surface area (Å²) >= 11 is 6.34. The van der Waals surface area contributed by atoms with Crippen LogP contribution in [0, 0.1) is 0 Å². The second kappa shape index (κ2) is 9.71. The highest BCUT2D eigenvalue weighted by Crippen LogP contribution is 2.40. The number of hydrazine groups is 1.